The second-order valence-electron chi connectivity index (χ2n) is 2.29. The minimum Gasteiger partial charge on any atom is -0.394 e. The molecule has 0 aliphatic carbocycles. The van der Waals surface area contributed by atoms with Crippen molar-refractivity contribution in [2.75, 3.05) is 18.1 Å². The van der Waals surface area contributed by atoms with Gasteiger partial charge in [0.05, 0.1) is 11.4 Å². The molecule has 72 valence electrons. The first kappa shape index (κ1) is 9.63. The third-order valence-corrected chi connectivity index (χ3v) is 1.55. The van der Waals surface area contributed by atoms with Crippen molar-refractivity contribution >= 4 is 11.4 Å². The van der Waals surface area contributed by atoms with Gasteiger partial charge in [0.15, 0.2) is 23.3 Å². The maximum absolute atomic E-state index is 12.8. The molecule has 0 fully saturated rings. The Hall–Kier alpha value is -1.46. The number of nitrogen functional groups attached to an aromatic ring is 1. The van der Waals surface area contributed by atoms with Crippen molar-refractivity contribution in [3.05, 3.63) is 23.3 Å². The minimum atomic E-state index is -1.91. The molecule has 1 aromatic rings. The van der Waals surface area contributed by atoms with E-state index in [1.54, 1.807) is 0 Å². The van der Waals surface area contributed by atoms with Crippen LogP contribution in [-0.2, 0) is 0 Å². The molecule has 0 aliphatic heterocycles. The molecule has 13 heavy (non-hydrogen) atoms. The lowest BCUT2D eigenvalue weighted by atomic mass is 10.2. The summed E-state index contributed by atoms with van der Waals surface area (Å²) >= 11 is 0. The molecule has 0 aliphatic rings. The van der Waals surface area contributed by atoms with Gasteiger partial charge in [0, 0.05) is 7.05 Å². The second kappa shape index (κ2) is 3.12. The molecular formula is C7H6F4N2. The lowest BCUT2D eigenvalue weighted by Gasteiger charge is -2.08. The van der Waals surface area contributed by atoms with Gasteiger partial charge in [0.2, 0.25) is 0 Å². The highest BCUT2D eigenvalue weighted by molar-refractivity contribution is 5.67. The van der Waals surface area contributed by atoms with E-state index < -0.39 is 34.6 Å². The van der Waals surface area contributed by atoms with Crippen molar-refractivity contribution in [3.8, 4) is 0 Å². The van der Waals surface area contributed by atoms with E-state index in [-0.39, 0.29) is 0 Å². The van der Waals surface area contributed by atoms with Crippen LogP contribution in [0.3, 0.4) is 0 Å². The number of anilines is 2. The van der Waals surface area contributed by atoms with E-state index >= 15 is 0 Å². The predicted octanol–water partition coefficient (Wildman–Crippen LogP) is 1.87. The standard InChI is InChI=1S/C7H6F4N2/c1-13-7-5(11)3(9)2(8)4(10)6(7)12/h13H,12H2,1H3. The Morgan fingerprint density at radius 2 is 1.38 bits per heavy atom. The van der Waals surface area contributed by atoms with Crippen LogP contribution < -0.4 is 11.1 Å². The largest absolute Gasteiger partial charge is 0.394 e. The monoisotopic (exact) mass is 194 g/mol. The first-order valence-electron chi connectivity index (χ1n) is 3.29. The second-order valence-corrected chi connectivity index (χ2v) is 2.29. The molecule has 0 saturated heterocycles. The van der Waals surface area contributed by atoms with E-state index in [0.717, 1.165) is 0 Å². The van der Waals surface area contributed by atoms with Crippen LogP contribution >= 0.6 is 0 Å². The lowest BCUT2D eigenvalue weighted by molar-refractivity contribution is 0.413. The van der Waals surface area contributed by atoms with Crippen molar-refractivity contribution in [2.24, 2.45) is 0 Å². The normalized spacial score (nSPS) is 10.2. The van der Waals surface area contributed by atoms with Gasteiger partial charge in [0.1, 0.15) is 0 Å². The lowest BCUT2D eigenvalue weighted by Crippen LogP contribution is -2.07. The first-order valence-corrected chi connectivity index (χ1v) is 3.29. The third-order valence-electron chi connectivity index (χ3n) is 1.55. The predicted molar refractivity (Wildman–Crippen MR) is 40.2 cm³/mol. The third kappa shape index (κ3) is 1.28. The van der Waals surface area contributed by atoms with Gasteiger partial charge in [-0.05, 0) is 0 Å². The summed E-state index contributed by atoms with van der Waals surface area (Å²) in [6.07, 6.45) is 0. The number of benzene rings is 1. The van der Waals surface area contributed by atoms with Crippen molar-refractivity contribution in [1.82, 2.24) is 0 Å². The molecule has 0 atom stereocenters. The van der Waals surface area contributed by atoms with Crippen molar-refractivity contribution < 1.29 is 17.6 Å². The summed E-state index contributed by atoms with van der Waals surface area (Å²) < 4.78 is 50.5. The Labute approximate surface area is 71.3 Å². The highest BCUT2D eigenvalue weighted by Gasteiger charge is 2.22. The van der Waals surface area contributed by atoms with Crippen LogP contribution in [0.25, 0.3) is 0 Å². The zero-order valence-electron chi connectivity index (χ0n) is 6.59. The number of hydrogen-bond donors (Lipinski definition) is 2. The molecule has 0 heterocycles. The Kier molecular flexibility index (Phi) is 2.31. The topological polar surface area (TPSA) is 38.0 Å². The van der Waals surface area contributed by atoms with Crippen LogP contribution in [0.5, 0.6) is 0 Å². The van der Waals surface area contributed by atoms with Crippen LogP contribution in [0.1, 0.15) is 0 Å². The molecule has 2 nitrogen and oxygen atoms in total. The molecule has 6 heteroatoms. The summed E-state index contributed by atoms with van der Waals surface area (Å²) in [6, 6.07) is 0. The Morgan fingerprint density at radius 3 is 1.85 bits per heavy atom. The van der Waals surface area contributed by atoms with Crippen LogP contribution in [-0.4, -0.2) is 7.05 Å². The number of nitrogens with two attached hydrogens (primary N) is 1. The molecule has 0 amide bonds. The first-order chi connectivity index (χ1) is 6.00. The van der Waals surface area contributed by atoms with E-state index in [1.807, 2.05) is 0 Å². The summed E-state index contributed by atoms with van der Waals surface area (Å²) in [5.41, 5.74) is 3.61. The van der Waals surface area contributed by atoms with Crippen molar-refractivity contribution in [2.45, 2.75) is 0 Å². The van der Waals surface area contributed by atoms with E-state index in [9.17, 15) is 17.6 Å². The average Bonchev–Trinajstić information content (AvgIpc) is 2.13. The Balaban J connectivity index is 3.56. The number of nitrogens with one attached hydrogen (secondary N) is 1. The van der Waals surface area contributed by atoms with Gasteiger partial charge in [-0.15, -0.1) is 0 Å². The van der Waals surface area contributed by atoms with E-state index in [2.05, 4.69) is 5.32 Å². The highest BCUT2D eigenvalue weighted by atomic mass is 19.2. The number of halogens is 4. The molecule has 1 rings (SSSR count). The summed E-state index contributed by atoms with van der Waals surface area (Å²) in [5.74, 6) is -6.91. The van der Waals surface area contributed by atoms with Crippen LogP contribution in [0.2, 0.25) is 0 Å². The van der Waals surface area contributed by atoms with E-state index in [4.69, 9.17) is 5.73 Å². The van der Waals surface area contributed by atoms with Gasteiger partial charge >= 0.3 is 0 Å². The summed E-state index contributed by atoms with van der Waals surface area (Å²) in [5, 5.41) is 2.13. The highest BCUT2D eigenvalue weighted by Crippen LogP contribution is 2.29. The van der Waals surface area contributed by atoms with Gasteiger partial charge in [-0.2, -0.15) is 0 Å². The molecule has 0 spiro atoms. The van der Waals surface area contributed by atoms with E-state index in [1.165, 1.54) is 7.05 Å². The Morgan fingerprint density at radius 1 is 0.923 bits per heavy atom. The Bertz CT molecular complexity index is 322. The maximum Gasteiger partial charge on any atom is 0.199 e. The summed E-state index contributed by atoms with van der Waals surface area (Å²) in [7, 11) is 1.21. The van der Waals surface area contributed by atoms with Gasteiger partial charge in [-0.25, -0.2) is 17.6 Å². The fourth-order valence-corrected chi connectivity index (χ4v) is 0.893. The molecule has 1 aromatic carbocycles. The summed E-state index contributed by atoms with van der Waals surface area (Å²) in [4.78, 5) is 0. The fourth-order valence-electron chi connectivity index (χ4n) is 0.893. The zero-order chi connectivity index (χ0) is 10.2. The molecule has 0 saturated carbocycles. The van der Waals surface area contributed by atoms with Gasteiger partial charge in [-0.3, -0.25) is 0 Å². The molecule has 3 N–H and O–H groups in total. The average molecular weight is 194 g/mol. The van der Waals surface area contributed by atoms with Crippen LogP contribution in [0, 0.1) is 23.3 Å². The van der Waals surface area contributed by atoms with Crippen LogP contribution in [0.15, 0.2) is 0 Å². The SMILES string of the molecule is CNc1c(N)c(F)c(F)c(F)c1F. The van der Waals surface area contributed by atoms with Crippen LogP contribution in [0.4, 0.5) is 28.9 Å². The van der Waals surface area contributed by atoms with E-state index in [0.29, 0.717) is 0 Å². The molecule has 0 unspecified atom stereocenters. The molecule has 0 radical (unpaired) electrons. The van der Waals surface area contributed by atoms with Gasteiger partial charge < -0.3 is 11.1 Å². The van der Waals surface area contributed by atoms with Gasteiger partial charge in [-0.1, -0.05) is 0 Å². The fraction of sp³-hybridized carbons (Fsp3) is 0.143. The van der Waals surface area contributed by atoms with Crippen molar-refractivity contribution in [3.63, 3.8) is 0 Å². The smallest absolute Gasteiger partial charge is 0.199 e. The molecule has 0 aromatic heterocycles. The quantitative estimate of drug-likeness (QED) is 0.310. The number of hydrogen-bond acceptors (Lipinski definition) is 2. The zero-order valence-corrected chi connectivity index (χ0v) is 6.59. The van der Waals surface area contributed by atoms with Crippen molar-refractivity contribution in [1.29, 1.82) is 0 Å². The minimum absolute atomic E-state index is 0.587. The summed E-state index contributed by atoms with van der Waals surface area (Å²) in [6.45, 7) is 0. The molecular weight excluding hydrogens is 188 g/mol. The van der Waals surface area contributed by atoms with Gasteiger partial charge in [0.25, 0.3) is 0 Å². The molecule has 0 bridgehead atoms. The maximum atomic E-state index is 12.8. The number of rotatable bonds is 1.